The van der Waals surface area contributed by atoms with Crippen LogP contribution in [0.5, 0.6) is 5.75 Å². The molecule has 0 unspecified atom stereocenters. The van der Waals surface area contributed by atoms with E-state index in [1.54, 1.807) is 0 Å². The number of benzene rings is 2. The van der Waals surface area contributed by atoms with Gasteiger partial charge in [0.05, 0.1) is 0 Å². The fourth-order valence-corrected chi connectivity index (χ4v) is 2.48. The molecule has 100 valence electrons. The van der Waals surface area contributed by atoms with Crippen molar-refractivity contribution in [1.29, 1.82) is 0 Å². The molecule has 0 heterocycles. The lowest BCUT2D eigenvalue weighted by molar-refractivity contribution is 0.306. The van der Waals surface area contributed by atoms with E-state index in [2.05, 4.69) is 27.3 Å². The molecular formula is C15H15BrClNO. The molecule has 19 heavy (non-hydrogen) atoms. The third-order valence-electron chi connectivity index (χ3n) is 2.69. The minimum atomic E-state index is 0.467. The Bertz CT molecular complexity index is 560. The molecule has 0 aliphatic rings. The molecule has 0 saturated heterocycles. The van der Waals surface area contributed by atoms with Gasteiger partial charge >= 0.3 is 0 Å². The minimum Gasteiger partial charge on any atom is -0.489 e. The second kappa shape index (κ2) is 6.94. The third kappa shape index (κ3) is 4.23. The Balaban J connectivity index is 2.03. The van der Waals surface area contributed by atoms with E-state index in [0.717, 1.165) is 22.3 Å². The smallest absolute Gasteiger partial charge is 0.120 e. The molecular weight excluding hydrogens is 326 g/mol. The van der Waals surface area contributed by atoms with Gasteiger partial charge in [0.15, 0.2) is 0 Å². The van der Waals surface area contributed by atoms with Gasteiger partial charge in [0.25, 0.3) is 0 Å². The first-order chi connectivity index (χ1) is 9.19. The number of halogens is 2. The van der Waals surface area contributed by atoms with Crippen molar-refractivity contribution in [2.75, 3.05) is 7.05 Å². The van der Waals surface area contributed by atoms with E-state index in [1.807, 2.05) is 43.4 Å². The molecule has 2 rings (SSSR count). The predicted molar refractivity (Wildman–Crippen MR) is 82.7 cm³/mol. The molecule has 1 N–H and O–H groups in total. The van der Waals surface area contributed by atoms with Crippen LogP contribution in [-0.2, 0) is 13.2 Å². The molecule has 0 radical (unpaired) electrons. The van der Waals surface area contributed by atoms with E-state index in [0.29, 0.717) is 11.6 Å². The Kier molecular flexibility index (Phi) is 5.25. The van der Waals surface area contributed by atoms with Crippen LogP contribution in [0.3, 0.4) is 0 Å². The lowest BCUT2D eigenvalue weighted by atomic mass is 10.2. The number of rotatable bonds is 5. The molecule has 0 aliphatic heterocycles. The van der Waals surface area contributed by atoms with E-state index >= 15 is 0 Å². The maximum absolute atomic E-state index is 6.16. The quantitative estimate of drug-likeness (QED) is 0.871. The van der Waals surface area contributed by atoms with Crippen LogP contribution in [0.1, 0.15) is 11.1 Å². The van der Waals surface area contributed by atoms with E-state index in [1.165, 1.54) is 5.56 Å². The summed E-state index contributed by atoms with van der Waals surface area (Å²) in [5.41, 5.74) is 2.17. The SMILES string of the molecule is CNCc1cccc(OCc2ccc(Br)cc2Cl)c1. The molecule has 4 heteroatoms. The van der Waals surface area contributed by atoms with Crippen LogP contribution in [0.2, 0.25) is 5.02 Å². The Morgan fingerprint density at radius 3 is 2.79 bits per heavy atom. The zero-order valence-electron chi connectivity index (χ0n) is 10.6. The topological polar surface area (TPSA) is 21.3 Å². The molecule has 0 aliphatic carbocycles. The van der Waals surface area contributed by atoms with Gasteiger partial charge in [-0.1, -0.05) is 45.7 Å². The summed E-state index contributed by atoms with van der Waals surface area (Å²) in [5.74, 6) is 0.853. The first-order valence-electron chi connectivity index (χ1n) is 5.99. The van der Waals surface area contributed by atoms with E-state index in [-0.39, 0.29) is 0 Å². The molecule has 2 aromatic rings. The lowest BCUT2D eigenvalue weighted by Gasteiger charge is -2.09. The van der Waals surface area contributed by atoms with Gasteiger partial charge in [0, 0.05) is 21.6 Å². The van der Waals surface area contributed by atoms with Crippen molar-refractivity contribution in [1.82, 2.24) is 5.32 Å². The number of hydrogen-bond acceptors (Lipinski definition) is 2. The first-order valence-corrected chi connectivity index (χ1v) is 7.16. The Morgan fingerprint density at radius 1 is 1.21 bits per heavy atom. The zero-order chi connectivity index (χ0) is 13.7. The van der Waals surface area contributed by atoms with Crippen LogP contribution < -0.4 is 10.1 Å². The van der Waals surface area contributed by atoms with Crippen molar-refractivity contribution >= 4 is 27.5 Å². The molecule has 0 bridgehead atoms. The maximum atomic E-state index is 6.16. The largest absolute Gasteiger partial charge is 0.489 e. The predicted octanol–water partition coefficient (Wildman–Crippen LogP) is 4.40. The lowest BCUT2D eigenvalue weighted by Crippen LogP contribution is -2.05. The van der Waals surface area contributed by atoms with E-state index in [4.69, 9.17) is 16.3 Å². The summed E-state index contributed by atoms with van der Waals surface area (Å²) in [6.45, 7) is 1.30. The fourth-order valence-electron chi connectivity index (χ4n) is 1.75. The Hall–Kier alpha value is -1.03. The Labute approximate surface area is 126 Å². The standard InChI is InChI=1S/C15H15BrClNO/c1-18-9-11-3-2-4-14(7-11)19-10-12-5-6-13(16)8-15(12)17/h2-8,18H,9-10H2,1H3. The van der Waals surface area contributed by atoms with Crippen molar-refractivity contribution in [3.8, 4) is 5.75 Å². The fraction of sp³-hybridized carbons (Fsp3) is 0.200. The molecule has 0 saturated carbocycles. The van der Waals surface area contributed by atoms with Crippen LogP contribution >= 0.6 is 27.5 Å². The number of nitrogens with one attached hydrogen (secondary N) is 1. The van der Waals surface area contributed by atoms with Gasteiger partial charge in [0.2, 0.25) is 0 Å². The summed E-state index contributed by atoms with van der Waals surface area (Å²) in [5, 5.41) is 3.83. The van der Waals surface area contributed by atoms with Gasteiger partial charge in [-0.05, 0) is 36.9 Å². The van der Waals surface area contributed by atoms with Gasteiger partial charge in [-0.25, -0.2) is 0 Å². The second-order valence-corrected chi connectivity index (χ2v) is 5.53. The van der Waals surface area contributed by atoms with Crippen molar-refractivity contribution in [3.05, 3.63) is 63.1 Å². The van der Waals surface area contributed by atoms with Gasteiger partial charge in [-0.3, -0.25) is 0 Å². The summed E-state index contributed by atoms with van der Waals surface area (Å²) < 4.78 is 6.74. The van der Waals surface area contributed by atoms with Crippen molar-refractivity contribution < 1.29 is 4.74 Å². The maximum Gasteiger partial charge on any atom is 0.120 e. The molecule has 2 nitrogen and oxygen atoms in total. The summed E-state index contributed by atoms with van der Waals surface area (Å²) in [7, 11) is 1.93. The highest BCUT2D eigenvalue weighted by Gasteiger charge is 2.03. The van der Waals surface area contributed by atoms with Gasteiger partial charge in [0.1, 0.15) is 12.4 Å². The van der Waals surface area contributed by atoms with Gasteiger partial charge < -0.3 is 10.1 Å². The van der Waals surface area contributed by atoms with Gasteiger partial charge in [-0.15, -0.1) is 0 Å². The summed E-state index contributed by atoms with van der Waals surface area (Å²) in [6, 6.07) is 13.8. The van der Waals surface area contributed by atoms with Crippen LogP contribution in [0.4, 0.5) is 0 Å². The molecule has 2 aromatic carbocycles. The highest BCUT2D eigenvalue weighted by molar-refractivity contribution is 9.10. The number of hydrogen-bond donors (Lipinski definition) is 1. The second-order valence-electron chi connectivity index (χ2n) is 4.20. The third-order valence-corrected chi connectivity index (χ3v) is 3.53. The Morgan fingerprint density at radius 2 is 2.05 bits per heavy atom. The van der Waals surface area contributed by atoms with E-state index < -0.39 is 0 Å². The van der Waals surface area contributed by atoms with Crippen LogP contribution in [0, 0.1) is 0 Å². The monoisotopic (exact) mass is 339 g/mol. The van der Waals surface area contributed by atoms with Crippen molar-refractivity contribution in [3.63, 3.8) is 0 Å². The average molecular weight is 341 g/mol. The van der Waals surface area contributed by atoms with Crippen molar-refractivity contribution in [2.24, 2.45) is 0 Å². The highest BCUT2D eigenvalue weighted by Crippen LogP contribution is 2.23. The first kappa shape index (κ1) is 14.4. The molecule has 0 amide bonds. The summed E-state index contributed by atoms with van der Waals surface area (Å²) >= 11 is 9.54. The van der Waals surface area contributed by atoms with Crippen LogP contribution in [0.25, 0.3) is 0 Å². The summed E-state index contributed by atoms with van der Waals surface area (Å²) in [4.78, 5) is 0. The highest BCUT2D eigenvalue weighted by atomic mass is 79.9. The van der Waals surface area contributed by atoms with Gasteiger partial charge in [-0.2, -0.15) is 0 Å². The summed E-state index contributed by atoms with van der Waals surface area (Å²) in [6.07, 6.45) is 0. The molecule has 0 fully saturated rings. The van der Waals surface area contributed by atoms with Crippen LogP contribution in [0.15, 0.2) is 46.9 Å². The van der Waals surface area contributed by atoms with E-state index in [9.17, 15) is 0 Å². The number of ether oxygens (including phenoxy) is 1. The normalized spacial score (nSPS) is 10.5. The van der Waals surface area contributed by atoms with Crippen molar-refractivity contribution in [2.45, 2.75) is 13.2 Å². The molecule has 0 spiro atoms. The minimum absolute atomic E-state index is 0.467. The average Bonchev–Trinajstić information content (AvgIpc) is 2.38. The molecule has 0 aromatic heterocycles. The van der Waals surface area contributed by atoms with Crippen LogP contribution in [-0.4, -0.2) is 7.05 Å². The molecule has 0 atom stereocenters. The zero-order valence-corrected chi connectivity index (χ0v) is 13.0.